The molecular weight excluding hydrogens is 501 g/mol. The highest BCUT2D eigenvalue weighted by Gasteiger charge is 2.45. The Morgan fingerprint density at radius 1 is 1.19 bits per heavy atom. The van der Waals surface area contributed by atoms with E-state index in [0.29, 0.717) is 37.7 Å². The molecule has 2 aliphatic heterocycles. The lowest BCUT2D eigenvalue weighted by Gasteiger charge is -2.29. The van der Waals surface area contributed by atoms with Crippen LogP contribution in [0.15, 0.2) is 23.8 Å². The summed E-state index contributed by atoms with van der Waals surface area (Å²) < 4.78 is 52.6. The molecule has 3 aromatic rings. The van der Waals surface area contributed by atoms with Crippen LogP contribution in [0.2, 0.25) is 0 Å². The number of hydrogen-bond donors (Lipinski definition) is 1. The van der Waals surface area contributed by atoms with Gasteiger partial charge in [0.05, 0.1) is 24.9 Å². The third kappa shape index (κ3) is 4.51. The molecule has 3 aromatic heterocycles. The Bertz CT molecular complexity index is 1250. The molecule has 36 heavy (non-hydrogen) atoms. The van der Waals surface area contributed by atoms with Crippen molar-refractivity contribution in [1.29, 1.82) is 0 Å². The van der Waals surface area contributed by atoms with Crippen LogP contribution in [-0.4, -0.2) is 63.4 Å². The standard InChI is InChI=1S/C21H21F3N8O3S/c1-2-13-15(17-26-3-8-36-17)35-20(33)32(13)14-9-12(28-19(29-14)31-4-6-34-7-5-31)11-10-27-18(25)30-16(11)21(22,23)24/h3,8-10,13,15H,2,4-7H2,1H3,(H2,25,27,30). The summed E-state index contributed by atoms with van der Waals surface area (Å²) in [5.74, 6) is -0.271. The number of hydrogen-bond acceptors (Lipinski definition) is 11. The third-order valence-corrected chi connectivity index (χ3v) is 6.65. The van der Waals surface area contributed by atoms with Crippen LogP contribution in [0.25, 0.3) is 11.3 Å². The molecule has 1 amide bonds. The number of nitrogen functional groups attached to an aromatic ring is 1. The molecule has 0 saturated carbocycles. The maximum absolute atomic E-state index is 13.9. The fourth-order valence-corrected chi connectivity index (χ4v) is 4.87. The molecule has 0 aromatic carbocycles. The van der Waals surface area contributed by atoms with Crippen molar-refractivity contribution in [3.05, 3.63) is 34.5 Å². The summed E-state index contributed by atoms with van der Waals surface area (Å²) in [5.41, 5.74) is 3.73. The maximum atomic E-state index is 13.9. The number of ether oxygens (including phenoxy) is 2. The SMILES string of the molecule is CCC1C(c2nccs2)OC(=O)N1c1cc(-c2cnc(N)nc2C(F)(F)F)nc(N2CCOCC2)n1. The Labute approximate surface area is 207 Å². The number of nitrogens with two attached hydrogens (primary N) is 1. The summed E-state index contributed by atoms with van der Waals surface area (Å²) in [4.78, 5) is 36.5. The lowest BCUT2D eigenvalue weighted by atomic mass is 10.1. The van der Waals surface area contributed by atoms with E-state index in [1.165, 1.54) is 22.3 Å². The monoisotopic (exact) mass is 522 g/mol. The summed E-state index contributed by atoms with van der Waals surface area (Å²) in [6.07, 6.45) is -3.06. The number of amides is 1. The van der Waals surface area contributed by atoms with E-state index < -0.39 is 36.1 Å². The molecule has 190 valence electrons. The van der Waals surface area contributed by atoms with Gasteiger partial charge in [0.25, 0.3) is 0 Å². The second kappa shape index (κ2) is 9.46. The fourth-order valence-electron chi connectivity index (χ4n) is 4.15. The zero-order valence-corrected chi connectivity index (χ0v) is 19.8. The summed E-state index contributed by atoms with van der Waals surface area (Å²) in [6, 6.07) is 0.830. The van der Waals surface area contributed by atoms with Crippen molar-refractivity contribution in [3.8, 4) is 11.3 Å². The van der Waals surface area contributed by atoms with Crippen molar-refractivity contribution in [1.82, 2.24) is 24.9 Å². The summed E-state index contributed by atoms with van der Waals surface area (Å²) in [7, 11) is 0. The average Bonchev–Trinajstić information content (AvgIpc) is 3.51. The number of thiazole rings is 1. The number of carbonyl (C=O) groups excluding carboxylic acids is 1. The Kier molecular flexibility index (Phi) is 6.34. The summed E-state index contributed by atoms with van der Waals surface area (Å²) >= 11 is 1.35. The lowest BCUT2D eigenvalue weighted by Crippen LogP contribution is -2.39. The highest BCUT2D eigenvalue weighted by molar-refractivity contribution is 7.09. The van der Waals surface area contributed by atoms with Gasteiger partial charge in [-0.1, -0.05) is 6.92 Å². The number of morpholine rings is 1. The van der Waals surface area contributed by atoms with Crippen molar-refractivity contribution in [2.75, 3.05) is 41.8 Å². The first-order chi connectivity index (χ1) is 17.3. The Morgan fingerprint density at radius 3 is 2.64 bits per heavy atom. The molecule has 15 heteroatoms. The van der Waals surface area contributed by atoms with E-state index in [4.69, 9.17) is 15.2 Å². The molecule has 0 aliphatic carbocycles. The molecule has 2 unspecified atom stereocenters. The molecule has 5 rings (SSSR count). The predicted molar refractivity (Wildman–Crippen MR) is 123 cm³/mol. The van der Waals surface area contributed by atoms with E-state index in [0.717, 1.165) is 6.20 Å². The van der Waals surface area contributed by atoms with Gasteiger partial charge < -0.3 is 20.1 Å². The minimum Gasteiger partial charge on any atom is -0.436 e. The van der Waals surface area contributed by atoms with Crippen molar-refractivity contribution in [2.24, 2.45) is 0 Å². The van der Waals surface area contributed by atoms with Gasteiger partial charge in [0.1, 0.15) is 10.8 Å². The van der Waals surface area contributed by atoms with Gasteiger partial charge in [-0.05, 0) is 6.42 Å². The Morgan fingerprint density at radius 2 is 1.97 bits per heavy atom. The van der Waals surface area contributed by atoms with Crippen LogP contribution in [0.3, 0.4) is 0 Å². The van der Waals surface area contributed by atoms with Crippen LogP contribution in [0, 0.1) is 0 Å². The molecule has 0 spiro atoms. The number of cyclic esters (lactones) is 1. The molecule has 0 radical (unpaired) electrons. The van der Waals surface area contributed by atoms with Gasteiger partial charge in [-0.15, -0.1) is 11.3 Å². The van der Waals surface area contributed by atoms with Gasteiger partial charge in [-0.2, -0.15) is 18.2 Å². The largest absolute Gasteiger partial charge is 0.436 e. The van der Waals surface area contributed by atoms with E-state index in [-0.39, 0.29) is 23.0 Å². The predicted octanol–water partition coefficient (Wildman–Crippen LogP) is 3.30. The average molecular weight is 523 g/mol. The number of carbonyl (C=O) groups is 1. The maximum Gasteiger partial charge on any atom is 0.434 e. The van der Waals surface area contributed by atoms with Gasteiger partial charge in [0.15, 0.2) is 11.8 Å². The Balaban J connectivity index is 1.65. The van der Waals surface area contributed by atoms with Crippen molar-refractivity contribution in [3.63, 3.8) is 0 Å². The smallest absolute Gasteiger partial charge is 0.434 e. The van der Waals surface area contributed by atoms with Crippen LogP contribution in [0.1, 0.15) is 30.2 Å². The van der Waals surface area contributed by atoms with E-state index >= 15 is 0 Å². The van der Waals surface area contributed by atoms with Gasteiger partial charge in [-0.3, -0.25) is 4.90 Å². The number of anilines is 3. The topological polar surface area (TPSA) is 132 Å². The highest BCUT2D eigenvalue weighted by atomic mass is 32.1. The molecule has 2 aliphatic rings. The normalized spacial score (nSPS) is 20.6. The zero-order chi connectivity index (χ0) is 25.4. The minimum absolute atomic E-state index is 0.0994. The van der Waals surface area contributed by atoms with Crippen LogP contribution >= 0.6 is 11.3 Å². The molecule has 2 N–H and O–H groups in total. The van der Waals surface area contributed by atoms with Crippen LogP contribution < -0.4 is 15.5 Å². The molecule has 2 fully saturated rings. The first kappa shape index (κ1) is 24.1. The van der Waals surface area contributed by atoms with Crippen molar-refractivity contribution in [2.45, 2.75) is 31.7 Å². The third-order valence-electron chi connectivity index (χ3n) is 5.81. The minimum atomic E-state index is -4.81. The molecular formula is C21H21F3N8O3S. The van der Waals surface area contributed by atoms with E-state index in [2.05, 4.69) is 24.9 Å². The van der Waals surface area contributed by atoms with Gasteiger partial charge in [0.2, 0.25) is 11.9 Å². The first-order valence-corrected chi connectivity index (χ1v) is 11.9. The molecule has 2 saturated heterocycles. The van der Waals surface area contributed by atoms with Crippen molar-refractivity contribution >= 4 is 35.1 Å². The first-order valence-electron chi connectivity index (χ1n) is 11.1. The summed E-state index contributed by atoms with van der Waals surface area (Å²) in [5, 5.41) is 2.39. The Hall–Kier alpha value is -3.59. The van der Waals surface area contributed by atoms with E-state index in [1.54, 1.807) is 16.5 Å². The zero-order valence-electron chi connectivity index (χ0n) is 19.0. The van der Waals surface area contributed by atoms with E-state index in [1.807, 2.05) is 6.92 Å². The van der Waals surface area contributed by atoms with Crippen molar-refractivity contribution < 1.29 is 27.4 Å². The number of nitrogens with zero attached hydrogens (tertiary/aromatic N) is 7. The molecule has 0 bridgehead atoms. The van der Waals surface area contributed by atoms with Crippen LogP contribution in [0.4, 0.5) is 35.7 Å². The lowest BCUT2D eigenvalue weighted by molar-refractivity contribution is -0.140. The number of alkyl halides is 3. The fraction of sp³-hybridized carbons (Fsp3) is 0.429. The quantitative estimate of drug-likeness (QED) is 0.532. The molecule has 5 heterocycles. The van der Waals surface area contributed by atoms with Crippen LogP contribution in [0.5, 0.6) is 0 Å². The molecule has 2 atom stereocenters. The van der Waals surface area contributed by atoms with Crippen LogP contribution in [-0.2, 0) is 15.7 Å². The van der Waals surface area contributed by atoms with Gasteiger partial charge in [0, 0.05) is 42.5 Å². The number of halogens is 3. The number of rotatable bonds is 5. The number of aromatic nitrogens is 5. The second-order valence-electron chi connectivity index (χ2n) is 8.02. The molecule has 11 nitrogen and oxygen atoms in total. The summed E-state index contributed by atoms with van der Waals surface area (Å²) in [6.45, 7) is 3.53. The van der Waals surface area contributed by atoms with Gasteiger partial charge >= 0.3 is 12.3 Å². The van der Waals surface area contributed by atoms with E-state index in [9.17, 15) is 18.0 Å². The highest BCUT2D eigenvalue weighted by Crippen LogP contribution is 2.40. The second-order valence-corrected chi connectivity index (χ2v) is 8.95. The van der Waals surface area contributed by atoms with Gasteiger partial charge in [-0.25, -0.2) is 24.7 Å².